The minimum absolute atomic E-state index is 0.0865. The molecule has 1 rings (SSSR count). The molecular formula is C14H21ClN2O. The molecule has 0 saturated carbocycles. The zero-order valence-electron chi connectivity index (χ0n) is 11.2. The first-order valence-electron chi connectivity index (χ1n) is 6.32. The standard InChI is InChI=1S/C14H21ClN2O/c1-4-5-10-17(3)14(18)11(2)16-13-9-7-6-8-12(13)15/h6-9,11,16H,4-5,10H2,1-3H3. The minimum atomic E-state index is -0.272. The zero-order valence-corrected chi connectivity index (χ0v) is 12.0. The van der Waals surface area contributed by atoms with Crippen molar-refractivity contribution in [1.29, 1.82) is 0 Å². The second-order valence-corrected chi connectivity index (χ2v) is 4.87. The summed E-state index contributed by atoms with van der Waals surface area (Å²) in [5, 5.41) is 3.78. The number of rotatable bonds is 6. The van der Waals surface area contributed by atoms with Gasteiger partial charge in [-0.3, -0.25) is 4.79 Å². The molecule has 1 amide bonds. The highest BCUT2D eigenvalue weighted by atomic mass is 35.5. The number of carbonyl (C=O) groups excluding carboxylic acids is 1. The fourth-order valence-electron chi connectivity index (χ4n) is 1.71. The predicted molar refractivity (Wildman–Crippen MR) is 77.1 cm³/mol. The van der Waals surface area contributed by atoms with E-state index in [9.17, 15) is 4.79 Å². The van der Waals surface area contributed by atoms with E-state index in [1.54, 1.807) is 4.90 Å². The van der Waals surface area contributed by atoms with Crippen molar-refractivity contribution in [3.63, 3.8) is 0 Å². The van der Waals surface area contributed by atoms with E-state index in [0.29, 0.717) is 5.02 Å². The Morgan fingerprint density at radius 2 is 2.11 bits per heavy atom. The molecule has 0 aliphatic rings. The molecule has 0 spiro atoms. The van der Waals surface area contributed by atoms with E-state index < -0.39 is 0 Å². The Labute approximate surface area is 114 Å². The number of hydrogen-bond donors (Lipinski definition) is 1. The largest absolute Gasteiger partial charge is 0.373 e. The number of nitrogens with one attached hydrogen (secondary N) is 1. The number of unbranched alkanes of at least 4 members (excludes halogenated alkanes) is 1. The third-order valence-corrected chi connectivity index (χ3v) is 3.17. The van der Waals surface area contributed by atoms with Gasteiger partial charge in [-0.05, 0) is 25.5 Å². The zero-order chi connectivity index (χ0) is 13.5. The van der Waals surface area contributed by atoms with Crippen molar-refractivity contribution in [3.8, 4) is 0 Å². The molecule has 18 heavy (non-hydrogen) atoms. The van der Waals surface area contributed by atoms with Gasteiger partial charge in [-0.1, -0.05) is 37.1 Å². The van der Waals surface area contributed by atoms with Crippen molar-refractivity contribution < 1.29 is 4.79 Å². The van der Waals surface area contributed by atoms with E-state index in [1.807, 2.05) is 38.2 Å². The van der Waals surface area contributed by atoms with Gasteiger partial charge in [0.2, 0.25) is 5.91 Å². The van der Waals surface area contributed by atoms with Gasteiger partial charge in [-0.2, -0.15) is 0 Å². The van der Waals surface area contributed by atoms with Crippen molar-refractivity contribution in [3.05, 3.63) is 29.3 Å². The average Bonchev–Trinajstić information content (AvgIpc) is 2.37. The highest BCUT2D eigenvalue weighted by Crippen LogP contribution is 2.21. The molecule has 1 N–H and O–H groups in total. The average molecular weight is 269 g/mol. The molecule has 1 aromatic carbocycles. The van der Waals surface area contributed by atoms with Gasteiger partial charge >= 0.3 is 0 Å². The summed E-state index contributed by atoms with van der Waals surface area (Å²) < 4.78 is 0. The number of carbonyl (C=O) groups is 1. The number of amides is 1. The first kappa shape index (κ1) is 14.8. The summed E-state index contributed by atoms with van der Waals surface area (Å²) >= 11 is 6.05. The van der Waals surface area contributed by atoms with Gasteiger partial charge in [0.1, 0.15) is 6.04 Å². The smallest absolute Gasteiger partial charge is 0.244 e. The van der Waals surface area contributed by atoms with Crippen LogP contribution in [0.2, 0.25) is 5.02 Å². The Kier molecular flexibility index (Phi) is 5.99. The molecule has 0 heterocycles. The highest BCUT2D eigenvalue weighted by Gasteiger charge is 2.17. The van der Waals surface area contributed by atoms with Gasteiger partial charge in [0.15, 0.2) is 0 Å². The summed E-state index contributed by atoms with van der Waals surface area (Å²) in [5.41, 5.74) is 0.795. The molecule has 0 aliphatic heterocycles. The van der Waals surface area contributed by atoms with Gasteiger partial charge in [0.25, 0.3) is 0 Å². The number of nitrogens with zero attached hydrogens (tertiary/aromatic N) is 1. The Bertz CT molecular complexity index is 395. The van der Waals surface area contributed by atoms with Crippen LogP contribution in [0, 0.1) is 0 Å². The lowest BCUT2D eigenvalue weighted by Crippen LogP contribution is -2.39. The molecule has 3 nitrogen and oxygen atoms in total. The van der Waals surface area contributed by atoms with Crippen LogP contribution in [0.1, 0.15) is 26.7 Å². The Hall–Kier alpha value is -1.22. The van der Waals surface area contributed by atoms with E-state index >= 15 is 0 Å². The van der Waals surface area contributed by atoms with Crippen molar-refractivity contribution in [2.24, 2.45) is 0 Å². The lowest BCUT2D eigenvalue weighted by Gasteiger charge is -2.23. The lowest BCUT2D eigenvalue weighted by atomic mass is 10.2. The summed E-state index contributed by atoms with van der Waals surface area (Å²) in [6.45, 7) is 4.77. The van der Waals surface area contributed by atoms with Crippen molar-refractivity contribution >= 4 is 23.2 Å². The van der Waals surface area contributed by atoms with E-state index in [1.165, 1.54) is 0 Å². The van der Waals surface area contributed by atoms with Gasteiger partial charge < -0.3 is 10.2 Å². The minimum Gasteiger partial charge on any atom is -0.373 e. The summed E-state index contributed by atoms with van der Waals surface area (Å²) in [6, 6.07) is 7.17. The second-order valence-electron chi connectivity index (χ2n) is 4.46. The number of hydrogen-bond acceptors (Lipinski definition) is 2. The molecule has 0 aromatic heterocycles. The molecule has 0 aliphatic carbocycles. The van der Waals surface area contributed by atoms with Crippen molar-refractivity contribution in [2.45, 2.75) is 32.7 Å². The highest BCUT2D eigenvalue weighted by molar-refractivity contribution is 6.33. The molecule has 0 saturated heterocycles. The number of halogens is 1. The number of para-hydroxylation sites is 1. The lowest BCUT2D eigenvalue weighted by molar-refractivity contribution is -0.130. The molecule has 0 bridgehead atoms. The fraction of sp³-hybridized carbons (Fsp3) is 0.500. The summed E-state index contributed by atoms with van der Waals surface area (Å²) in [7, 11) is 1.84. The summed E-state index contributed by atoms with van der Waals surface area (Å²) in [6.07, 6.45) is 2.12. The quantitative estimate of drug-likeness (QED) is 0.858. The normalized spacial score (nSPS) is 12.0. The van der Waals surface area contributed by atoms with E-state index in [4.69, 9.17) is 11.6 Å². The maximum atomic E-state index is 12.1. The first-order valence-corrected chi connectivity index (χ1v) is 6.70. The van der Waals surface area contributed by atoms with E-state index in [2.05, 4.69) is 12.2 Å². The summed E-state index contributed by atoms with van der Waals surface area (Å²) in [5.74, 6) is 0.0865. The summed E-state index contributed by atoms with van der Waals surface area (Å²) in [4.78, 5) is 13.8. The molecule has 1 atom stereocenters. The van der Waals surface area contributed by atoms with Crippen LogP contribution in [0.3, 0.4) is 0 Å². The molecule has 100 valence electrons. The monoisotopic (exact) mass is 268 g/mol. The maximum absolute atomic E-state index is 12.1. The van der Waals surface area contributed by atoms with Crippen LogP contribution in [-0.2, 0) is 4.79 Å². The third kappa shape index (κ3) is 4.22. The van der Waals surface area contributed by atoms with Crippen LogP contribution in [-0.4, -0.2) is 30.4 Å². The Balaban J connectivity index is 2.57. The molecule has 0 fully saturated rings. The molecular weight excluding hydrogens is 248 g/mol. The number of benzene rings is 1. The van der Waals surface area contributed by atoms with E-state index in [0.717, 1.165) is 25.1 Å². The van der Waals surface area contributed by atoms with Crippen LogP contribution in [0.25, 0.3) is 0 Å². The molecule has 1 unspecified atom stereocenters. The van der Waals surface area contributed by atoms with Gasteiger partial charge in [0, 0.05) is 13.6 Å². The second kappa shape index (κ2) is 7.27. The van der Waals surface area contributed by atoms with Crippen LogP contribution < -0.4 is 5.32 Å². The van der Waals surface area contributed by atoms with Crippen LogP contribution in [0.15, 0.2) is 24.3 Å². The fourth-order valence-corrected chi connectivity index (χ4v) is 1.90. The third-order valence-electron chi connectivity index (χ3n) is 2.84. The van der Waals surface area contributed by atoms with Crippen LogP contribution >= 0.6 is 11.6 Å². The number of anilines is 1. The molecule has 1 aromatic rings. The predicted octanol–water partition coefficient (Wildman–Crippen LogP) is 3.40. The van der Waals surface area contributed by atoms with E-state index in [-0.39, 0.29) is 11.9 Å². The van der Waals surface area contributed by atoms with Gasteiger partial charge in [0.05, 0.1) is 10.7 Å². The molecule has 4 heteroatoms. The van der Waals surface area contributed by atoms with Crippen LogP contribution in [0.4, 0.5) is 5.69 Å². The van der Waals surface area contributed by atoms with Crippen molar-refractivity contribution in [2.75, 3.05) is 18.9 Å². The number of likely N-dealkylation sites (N-methyl/N-ethyl adjacent to an activating group) is 1. The Morgan fingerprint density at radius 3 is 2.72 bits per heavy atom. The maximum Gasteiger partial charge on any atom is 0.244 e. The topological polar surface area (TPSA) is 32.3 Å². The van der Waals surface area contributed by atoms with Crippen molar-refractivity contribution in [1.82, 2.24) is 4.90 Å². The Morgan fingerprint density at radius 1 is 1.44 bits per heavy atom. The van der Waals surface area contributed by atoms with Gasteiger partial charge in [-0.25, -0.2) is 0 Å². The van der Waals surface area contributed by atoms with Gasteiger partial charge in [-0.15, -0.1) is 0 Å². The SMILES string of the molecule is CCCCN(C)C(=O)C(C)Nc1ccccc1Cl. The first-order chi connectivity index (χ1) is 8.56. The molecule has 0 radical (unpaired) electrons. The van der Waals surface area contributed by atoms with Crippen LogP contribution in [0.5, 0.6) is 0 Å².